The SMILES string of the molecule is O=S(=O)(c1ccc(CF)cc1)[C@@]12CC[C@H](O)C[C@@]1(O)COc1c(F)ccc(F)c12. The monoisotopic (exact) mass is 428 g/mol. The molecule has 0 amide bonds. The number of fused-ring (bicyclic) bond motifs is 3. The first-order valence-electron chi connectivity index (χ1n) is 9.07. The van der Waals surface area contributed by atoms with Gasteiger partial charge in [-0.15, -0.1) is 0 Å². The van der Waals surface area contributed by atoms with Gasteiger partial charge in [-0.2, -0.15) is 0 Å². The highest BCUT2D eigenvalue weighted by molar-refractivity contribution is 7.92. The van der Waals surface area contributed by atoms with Crippen LogP contribution in [0.15, 0.2) is 41.3 Å². The van der Waals surface area contributed by atoms with Crippen molar-refractivity contribution in [3.8, 4) is 5.75 Å². The van der Waals surface area contributed by atoms with Gasteiger partial charge in [-0.1, -0.05) is 12.1 Å². The van der Waals surface area contributed by atoms with Crippen LogP contribution in [-0.2, 0) is 21.3 Å². The topological polar surface area (TPSA) is 83.8 Å². The summed E-state index contributed by atoms with van der Waals surface area (Å²) in [5.41, 5.74) is -2.52. The average Bonchev–Trinajstić information content (AvgIpc) is 2.69. The highest BCUT2D eigenvalue weighted by atomic mass is 32.2. The molecule has 2 aliphatic rings. The van der Waals surface area contributed by atoms with Crippen LogP contribution in [0.3, 0.4) is 0 Å². The van der Waals surface area contributed by atoms with Crippen LogP contribution in [0.4, 0.5) is 13.2 Å². The van der Waals surface area contributed by atoms with Crippen LogP contribution in [0.25, 0.3) is 0 Å². The van der Waals surface area contributed by atoms with Crippen LogP contribution in [0.1, 0.15) is 30.4 Å². The number of ether oxygens (including phenoxy) is 1. The molecule has 29 heavy (non-hydrogen) atoms. The summed E-state index contributed by atoms with van der Waals surface area (Å²) in [6.45, 7) is -1.42. The molecule has 0 bridgehead atoms. The fourth-order valence-electron chi connectivity index (χ4n) is 4.51. The number of hydrogen-bond acceptors (Lipinski definition) is 5. The smallest absolute Gasteiger partial charge is 0.191 e. The molecule has 5 nitrogen and oxygen atoms in total. The number of hydrogen-bond donors (Lipinski definition) is 2. The van der Waals surface area contributed by atoms with Crippen molar-refractivity contribution in [2.24, 2.45) is 0 Å². The molecular formula is C20H19F3O5S. The quantitative estimate of drug-likeness (QED) is 0.786. The zero-order valence-corrected chi connectivity index (χ0v) is 16.1. The number of aliphatic hydroxyl groups excluding tert-OH is 1. The van der Waals surface area contributed by atoms with Crippen LogP contribution in [-0.4, -0.2) is 36.9 Å². The molecule has 0 spiro atoms. The molecular weight excluding hydrogens is 409 g/mol. The van der Waals surface area contributed by atoms with Crippen molar-refractivity contribution >= 4 is 9.84 Å². The van der Waals surface area contributed by atoms with E-state index in [2.05, 4.69) is 0 Å². The lowest BCUT2D eigenvalue weighted by Crippen LogP contribution is -2.65. The minimum atomic E-state index is -4.51. The molecule has 0 radical (unpaired) electrons. The van der Waals surface area contributed by atoms with E-state index in [0.29, 0.717) is 0 Å². The minimum absolute atomic E-state index is 0.0422. The van der Waals surface area contributed by atoms with E-state index in [4.69, 9.17) is 4.74 Å². The van der Waals surface area contributed by atoms with Crippen LogP contribution in [0.5, 0.6) is 5.75 Å². The summed E-state index contributed by atoms with van der Waals surface area (Å²) < 4.78 is 72.8. The van der Waals surface area contributed by atoms with Crippen molar-refractivity contribution in [2.75, 3.05) is 6.61 Å². The summed E-state index contributed by atoms with van der Waals surface area (Å²) in [4.78, 5) is -0.263. The lowest BCUT2D eigenvalue weighted by Gasteiger charge is -2.53. The van der Waals surface area contributed by atoms with E-state index in [9.17, 15) is 31.8 Å². The second-order valence-corrected chi connectivity index (χ2v) is 9.73. The van der Waals surface area contributed by atoms with Crippen molar-refractivity contribution in [2.45, 2.75) is 47.3 Å². The number of alkyl halides is 1. The van der Waals surface area contributed by atoms with Gasteiger partial charge in [-0.05, 0) is 42.7 Å². The molecule has 2 aromatic carbocycles. The van der Waals surface area contributed by atoms with Gasteiger partial charge in [-0.25, -0.2) is 21.6 Å². The van der Waals surface area contributed by atoms with E-state index in [-0.39, 0.29) is 29.7 Å². The Labute approximate surface area is 165 Å². The van der Waals surface area contributed by atoms with E-state index in [1.54, 1.807) is 0 Å². The largest absolute Gasteiger partial charge is 0.487 e. The highest BCUT2D eigenvalue weighted by Gasteiger charge is 2.67. The third-order valence-corrected chi connectivity index (χ3v) is 8.52. The predicted octanol–water partition coefficient (Wildman–Crippen LogP) is 2.77. The molecule has 3 atom stereocenters. The van der Waals surface area contributed by atoms with Crippen LogP contribution in [0.2, 0.25) is 0 Å². The van der Waals surface area contributed by atoms with Gasteiger partial charge in [0, 0.05) is 6.42 Å². The van der Waals surface area contributed by atoms with Crippen LogP contribution < -0.4 is 4.74 Å². The van der Waals surface area contributed by atoms with E-state index < -0.39 is 62.5 Å². The summed E-state index contributed by atoms with van der Waals surface area (Å²) in [5, 5.41) is 21.4. The Hall–Kier alpha value is -2.10. The molecule has 4 rings (SSSR count). The Bertz CT molecular complexity index is 1060. The molecule has 1 aliphatic carbocycles. The molecule has 0 aromatic heterocycles. The lowest BCUT2D eigenvalue weighted by atomic mass is 9.68. The van der Waals surface area contributed by atoms with E-state index in [0.717, 1.165) is 12.1 Å². The van der Waals surface area contributed by atoms with Crippen molar-refractivity contribution in [1.82, 2.24) is 0 Å². The van der Waals surface area contributed by atoms with Gasteiger partial charge < -0.3 is 14.9 Å². The standard InChI is InChI=1S/C20H19F3O5S/c21-10-12-1-3-14(4-2-12)29(26,27)20-8-7-13(24)9-19(20,25)11-28-18-16(23)6-5-15(22)17(18)20/h1-6,13,24-25H,7-11H2/t13-,19+,20+/m0/s1. The second-order valence-electron chi connectivity index (χ2n) is 7.56. The maximum Gasteiger partial charge on any atom is 0.191 e. The first kappa shape index (κ1) is 20.2. The summed E-state index contributed by atoms with van der Waals surface area (Å²) in [6, 6.07) is 6.53. The molecule has 9 heteroatoms. The Balaban J connectivity index is 2.04. The lowest BCUT2D eigenvalue weighted by molar-refractivity contribution is -0.113. The molecule has 2 N–H and O–H groups in total. The van der Waals surface area contributed by atoms with Gasteiger partial charge in [0.1, 0.15) is 29.4 Å². The zero-order valence-electron chi connectivity index (χ0n) is 15.2. The van der Waals surface area contributed by atoms with Gasteiger partial charge in [0.05, 0.1) is 16.6 Å². The number of benzene rings is 2. The highest BCUT2D eigenvalue weighted by Crippen LogP contribution is 2.58. The molecule has 1 fully saturated rings. The number of rotatable bonds is 3. The van der Waals surface area contributed by atoms with Crippen molar-refractivity contribution in [1.29, 1.82) is 0 Å². The Morgan fingerprint density at radius 2 is 1.76 bits per heavy atom. The molecule has 0 saturated heterocycles. The summed E-state index contributed by atoms with van der Waals surface area (Å²) in [5.74, 6) is -2.54. The Kier molecular flexibility index (Phi) is 4.67. The predicted molar refractivity (Wildman–Crippen MR) is 96.8 cm³/mol. The van der Waals surface area contributed by atoms with E-state index >= 15 is 0 Å². The van der Waals surface area contributed by atoms with Gasteiger partial charge in [0.25, 0.3) is 0 Å². The number of aliphatic hydroxyl groups is 2. The van der Waals surface area contributed by atoms with Crippen molar-refractivity contribution < 1.29 is 36.5 Å². The molecule has 1 saturated carbocycles. The van der Waals surface area contributed by atoms with Crippen LogP contribution >= 0.6 is 0 Å². The first-order chi connectivity index (χ1) is 13.7. The molecule has 2 aromatic rings. The van der Waals surface area contributed by atoms with E-state index in [1.807, 2.05) is 0 Å². The first-order valence-corrected chi connectivity index (χ1v) is 10.6. The third-order valence-electron chi connectivity index (χ3n) is 5.92. The van der Waals surface area contributed by atoms with Gasteiger partial charge >= 0.3 is 0 Å². The molecule has 156 valence electrons. The third kappa shape index (κ3) is 2.71. The average molecular weight is 428 g/mol. The minimum Gasteiger partial charge on any atom is -0.487 e. The number of halogens is 3. The maximum atomic E-state index is 15.0. The van der Waals surface area contributed by atoms with Gasteiger partial charge in [0.15, 0.2) is 21.4 Å². The fraction of sp³-hybridized carbons (Fsp3) is 0.400. The summed E-state index contributed by atoms with van der Waals surface area (Å²) in [6.07, 6.45) is -1.79. The zero-order chi connectivity index (χ0) is 21.0. The fourth-order valence-corrected chi connectivity index (χ4v) is 6.90. The molecule has 1 aliphatic heterocycles. The Morgan fingerprint density at radius 1 is 1.10 bits per heavy atom. The summed E-state index contributed by atoms with van der Waals surface area (Å²) >= 11 is 0. The van der Waals surface area contributed by atoms with Crippen molar-refractivity contribution in [3.05, 3.63) is 59.2 Å². The maximum absolute atomic E-state index is 15.0. The van der Waals surface area contributed by atoms with Crippen LogP contribution in [0, 0.1) is 11.6 Å². The Morgan fingerprint density at radius 3 is 2.41 bits per heavy atom. The van der Waals surface area contributed by atoms with Gasteiger partial charge in [-0.3, -0.25) is 0 Å². The van der Waals surface area contributed by atoms with Gasteiger partial charge in [0.2, 0.25) is 0 Å². The molecule has 1 heterocycles. The second kappa shape index (κ2) is 6.72. The van der Waals surface area contributed by atoms with E-state index in [1.165, 1.54) is 24.3 Å². The number of sulfone groups is 1. The van der Waals surface area contributed by atoms with Crippen molar-refractivity contribution in [3.63, 3.8) is 0 Å². The molecule has 0 unspecified atom stereocenters. The normalized spacial score (nSPS) is 28.9. The summed E-state index contributed by atoms with van der Waals surface area (Å²) in [7, 11) is -4.51.